The molecule has 0 saturated carbocycles. The lowest BCUT2D eigenvalue weighted by Crippen LogP contribution is -2.29. The number of hydrogen-bond acceptors (Lipinski definition) is 4. The van der Waals surface area contributed by atoms with Crippen LogP contribution in [0.15, 0.2) is 42.5 Å². The molecule has 3 aromatic rings. The van der Waals surface area contributed by atoms with Crippen LogP contribution in [0.2, 0.25) is 0 Å². The number of carbonyl (C=O) groups is 2. The fourth-order valence-electron chi connectivity index (χ4n) is 3.60. The molecule has 0 bridgehead atoms. The van der Waals surface area contributed by atoms with Crippen LogP contribution in [0.5, 0.6) is 0 Å². The summed E-state index contributed by atoms with van der Waals surface area (Å²) in [5.41, 5.74) is 3.98. The summed E-state index contributed by atoms with van der Waals surface area (Å²) in [6.45, 7) is 4.75. The number of rotatable bonds is 3. The van der Waals surface area contributed by atoms with Crippen molar-refractivity contribution in [1.82, 2.24) is 14.8 Å². The lowest BCUT2D eigenvalue weighted by Gasteiger charge is -2.12. The molecule has 2 heterocycles. The zero-order chi connectivity index (χ0) is 21.1. The number of amides is 2. The standard InChI is InChI=1S/C23H25N5O2/c1-15-7-11-18(12-8-15)24-22(29)23(30)25-19-14-17(10-9-16(19)2)21-27-26-20-6-4-3-5-13-28(20)21/h7-12,14H,3-6,13H2,1-2H3,(H,24,29)(H,25,30). The summed E-state index contributed by atoms with van der Waals surface area (Å²) in [7, 11) is 0. The minimum absolute atomic E-state index is 0.581. The normalized spacial score (nSPS) is 13.3. The molecule has 7 heteroatoms. The quantitative estimate of drug-likeness (QED) is 0.650. The van der Waals surface area contributed by atoms with Gasteiger partial charge in [-0.1, -0.05) is 36.2 Å². The molecule has 0 unspecified atom stereocenters. The SMILES string of the molecule is Cc1ccc(NC(=O)C(=O)Nc2cc(-c3nnc4n3CCCCC4)ccc2C)cc1. The van der Waals surface area contributed by atoms with Crippen molar-refractivity contribution in [3.63, 3.8) is 0 Å². The third-order valence-electron chi connectivity index (χ3n) is 5.37. The van der Waals surface area contributed by atoms with Crippen LogP contribution in [0, 0.1) is 13.8 Å². The largest absolute Gasteiger partial charge is 0.318 e. The molecule has 7 nitrogen and oxygen atoms in total. The summed E-state index contributed by atoms with van der Waals surface area (Å²) in [4.78, 5) is 24.8. The minimum Gasteiger partial charge on any atom is -0.318 e. The first-order valence-corrected chi connectivity index (χ1v) is 10.2. The predicted molar refractivity (Wildman–Crippen MR) is 116 cm³/mol. The van der Waals surface area contributed by atoms with E-state index in [-0.39, 0.29) is 0 Å². The van der Waals surface area contributed by atoms with E-state index in [1.807, 2.05) is 44.2 Å². The molecular formula is C23H25N5O2. The van der Waals surface area contributed by atoms with Gasteiger partial charge in [0.1, 0.15) is 5.82 Å². The molecule has 0 radical (unpaired) electrons. The number of carbonyl (C=O) groups excluding carboxylic acids is 2. The molecule has 30 heavy (non-hydrogen) atoms. The second-order valence-corrected chi connectivity index (χ2v) is 7.71. The number of anilines is 2. The Morgan fingerprint density at radius 2 is 1.67 bits per heavy atom. The van der Waals surface area contributed by atoms with E-state index in [1.165, 1.54) is 6.42 Å². The maximum absolute atomic E-state index is 12.5. The van der Waals surface area contributed by atoms with Gasteiger partial charge in [-0.15, -0.1) is 10.2 Å². The van der Waals surface area contributed by atoms with Gasteiger partial charge in [-0.3, -0.25) is 9.59 Å². The molecular weight excluding hydrogens is 378 g/mol. The number of nitrogens with one attached hydrogen (secondary N) is 2. The van der Waals surface area contributed by atoms with Gasteiger partial charge in [-0.05, 0) is 50.5 Å². The van der Waals surface area contributed by atoms with Crippen LogP contribution in [-0.2, 0) is 22.6 Å². The molecule has 0 fully saturated rings. The molecule has 4 rings (SSSR count). The fraction of sp³-hybridized carbons (Fsp3) is 0.304. The van der Waals surface area contributed by atoms with Crippen molar-refractivity contribution in [3.05, 3.63) is 59.4 Å². The number of nitrogens with zero attached hydrogens (tertiary/aromatic N) is 3. The minimum atomic E-state index is -0.712. The molecule has 1 aliphatic heterocycles. The van der Waals surface area contributed by atoms with Gasteiger partial charge in [0.25, 0.3) is 0 Å². The zero-order valence-corrected chi connectivity index (χ0v) is 17.2. The molecule has 0 saturated heterocycles. The first kappa shape index (κ1) is 19.8. The third kappa shape index (κ3) is 4.25. The van der Waals surface area contributed by atoms with Crippen molar-refractivity contribution < 1.29 is 9.59 Å². The number of benzene rings is 2. The molecule has 154 valence electrons. The van der Waals surface area contributed by atoms with E-state index in [2.05, 4.69) is 25.4 Å². The Bertz CT molecular complexity index is 1090. The highest BCUT2D eigenvalue weighted by Gasteiger charge is 2.19. The summed E-state index contributed by atoms with van der Waals surface area (Å²) in [5, 5.41) is 14.1. The third-order valence-corrected chi connectivity index (χ3v) is 5.37. The summed E-state index contributed by atoms with van der Waals surface area (Å²) < 4.78 is 2.16. The second-order valence-electron chi connectivity index (χ2n) is 7.71. The van der Waals surface area contributed by atoms with E-state index < -0.39 is 11.8 Å². The highest BCUT2D eigenvalue weighted by Crippen LogP contribution is 2.27. The van der Waals surface area contributed by atoms with Crippen LogP contribution in [0.4, 0.5) is 11.4 Å². The van der Waals surface area contributed by atoms with E-state index in [4.69, 9.17) is 0 Å². The van der Waals surface area contributed by atoms with Crippen molar-refractivity contribution in [2.24, 2.45) is 0 Å². The summed E-state index contributed by atoms with van der Waals surface area (Å²) in [6.07, 6.45) is 4.35. The van der Waals surface area contributed by atoms with Gasteiger partial charge in [0.05, 0.1) is 0 Å². The number of aryl methyl sites for hydroxylation is 3. The van der Waals surface area contributed by atoms with Gasteiger partial charge >= 0.3 is 11.8 Å². The van der Waals surface area contributed by atoms with Crippen LogP contribution < -0.4 is 10.6 Å². The van der Waals surface area contributed by atoms with Gasteiger partial charge < -0.3 is 15.2 Å². The lowest BCUT2D eigenvalue weighted by atomic mass is 10.1. The van der Waals surface area contributed by atoms with Crippen LogP contribution in [-0.4, -0.2) is 26.6 Å². The molecule has 2 N–H and O–H groups in total. The van der Waals surface area contributed by atoms with E-state index in [1.54, 1.807) is 12.1 Å². The summed E-state index contributed by atoms with van der Waals surface area (Å²) in [5.74, 6) is 0.383. The van der Waals surface area contributed by atoms with E-state index in [0.717, 1.165) is 54.1 Å². The Balaban J connectivity index is 1.52. The van der Waals surface area contributed by atoms with Crippen molar-refractivity contribution in [2.45, 2.75) is 46.1 Å². The van der Waals surface area contributed by atoms with E-state index in [9.17, 15) is 9.59 Å². The zero-order valence-electron chi connectivity index (χ0n) is 17.2. The molecule has 1 aliphatic rings. The van der Waals surface area contributed by atoms with Crippen LogP contribution in [0.25, 0.3) is 11.4 Å². The Kier molecular flexibility index (Phi) is 5.61. The van der Waals surface area contributed by atoms with Gasteiger partial charge in [-0.2, -0.15) is 0 Å². The highest BCUT2D eigenvalue weighted by atomic mass is 16.2. The van der Waals surface area contributed by atoms with E-state index in [0.29, 0.717) is 11.4 Å². The molecule has 0 atom stereocenters. The number of aromatic nitrogens is 3. The highest BCUT2D eigenvalue weighted by molar-refractivity contribution is 6.43. The molecule has 0 aliphatic carbocycles. The number of hydrogen-bond donors (Lipinski definition) is 2. The topological polar surface area (TPSA) is 88.9 Å². The van der Waals surface area contributed by atoms with Gasteiger partial charge in [0.15, 0.2) is 5.82 Å². The monoisotopic (exact) mass is 403 g/mol. The van der Waals surface area contributed by atoms with Gasteiger partial charge in [-0.25, -0.2) is 0 Å². The lowest BCUT2D eigenvalue weighted by molar-refractivity contribution is -0.133. The molecule has 0 spiro atoms. The van der Waals surface area contributed by atoms with Crippen molar-refractivity contribution in [1.29, 1.82) is 0 Å². The van der Waals surface area contributed by atoms with Crippen LogP contribution in [0.1, 0.15) is 36.2 Å². The number of fused-ring (bicyclic) bond motifs is 1. The molecule has 2 amide bonds. The summed E-state index contributed by atoms with van der Waals surface area (Å²) >= 11 is 0. The van der Waals surface area contributed by atoms with E-state index >= 15 is 0 Å². The van der Waals surface area contributed by atoms with Crippen molar-refractivity contribution in [3.8, 4) is 11.4 Å². The van der Waals surface area contributed by atoms with Crippen molar-refractivity contribution in [2.75, 3.05) is 10.6 Å². The molecule has 2 aromatic carbocycles. The Labute approximate surface area is 175 Å². The molecule has 1 aromatic heterocycles. The van der Waals surface area contributed by atoms with Crippen molar-refractivity contribution >= 4 is 23.2 Å². The van der Waals surface area contributed by atoms with Crippen LogP contribution in [0.3, 0.4) is 0 Å². The first-order chi connectivity index (χ1) is 14.5. The first-order valence-electron chi connectivity index (χ1n) is 10.2. The predicted octanol–water partition coefficient (Wildman–Crippen LogP) is 3.87. The van der Waals surface area contributed by atoms with Gasteiger partial charge in [0, 0.05) is 29.9 Å². The Morgan fingerprint density at radius 1 is 0.900 bits per heavy atom. The van der Waals surface area contributed by atoms with Crippen LogP contribution >= 0.6 is 0 Å². The Morgan fingerprint density at radius 3 is 2.47 bits per heavy atom. The second kappa shape index (κ2) is 8.49. The smallest absolute Gasteiger partial charge is 0.314 e. The van der Waals surface area contributed by atoms with Gasteiger partial charge in [0.2, 0.25) is 0 Å². The fourth-order valence-corrected chi connectivity index (χ4v) is 3.60. The maximum atomic E-state index is 12.5. The summed E-state index contributed by atoms with van der Waals surface area (Å²) in [6, 6.07) is 13.0. The average molecular weight is 403 g/mol. The Hall–Kier alpha value is -3.48. The maximum Gasteiger partial charge on any atom is 0.314 e. The average Bonchev–Trinajstić information content (AvgIpc) is 2.99.